The number of rotatable bonds is 7. The molecule has 1 N–H and O–H groups in total. The van der Waals surface area contributed by atoms with Crippen LogP contribution in [0.1, 0.15) is 21.5 Å². The number of pyridine rings is 1. The number of nitrogens with zero attached hydrogens (tertiary/aromatic N) is 2. The van der Waals surface area contributed by atoms with Crippen molar-refractivity contribution in [2.75, 3.05) is 7.11 Å². The largest absolute Gasteiger partial charge is 0.493 e. The van der Waals surface area contributed by atoms with Crippen molar-refractivity contribution in [1.29, 1.82) is 0 Å². The molecule has 8 heteroatoms. The van der Waals surface area contributed by atoms with Gasteiger partial charge in [-0.3, -0.25) is 9.78 Å². The van der Waals surface area contributed by atoms with Gasteiger partial charge in [-0.2, -0.15) is 5.10 Å². The van der Waals surface area contributed by atoms with Crippen molar-refractivity contribution in [3.8, 4) is 11.5 Å². The molecule has 0 atom stereocenters. The number of methoxy groups -OCH3 is 1. The van der Waals surface area contributed by atoms with Gasteiger partial charge in [-0.25, -0.2) is 9.82 Å². The van der Waals surface area contributed by atoms with Crippen LogP contribution in [0.3, 0.4) is 0 Å². The predicted molar refractivity (Wildman–Crippen MR) is 111 cm³/mol. The Bertz CT molecular complexity index is 1010. The van der Waals surface area contributed by atoms with Gasteiger partial charge in [0, 0.05) is 22.4 Å². The van der Waals surface area contributed by atoms with Crippen molar-refractivity contribution in [2.45, 2.75) is 6.61 Å². The highest BCUT2D eigenvalue weighted by Gasteiger charge is 2.10. The minimum absolute atomic E-state index is 0.262. The third kappa shape index (κ3) is 5.61. The van der Waals surface area contributed by atoms with E-state index in [0.717, 1.165) is 5.56 Å². The summed E-state index contributed by atoms with van der Waals surface area (Å²) in [5.41, 5.74) is 4.36. The standard InChI is InChI=1S/C21H17BrFN3O3/c1-28-19-9-16(12-25-26-21(27)15-3-2-8-24-11-15)18(22)10-20(19)29-13-14-4-6-17(23)7-5-14/h2-12H,13H2,1H3,(H,26,27). The second-order valence-corrected chi connectivity index (χ2v) is 6.73. The summed E-state index contributed by atoms with van der Waals surface area (Å²) in [6.07, 6.45) is 4.53. The highest BCUT2D eigenvalue weighted by molar-refractivity contribution is 9.10. The van der Waals surface area contributed by atoms with Gasteiger partial charge in [0.1, 0.15) is 12.4 Å². The summed E-state index contributed by atoms with van der Waals surface area (Å²) in [5, 5.41) is 3.97. The number of hydrogen-bond acceptors (Lipinski definition) is 5. The maximum absolute atomic E-state index is 13.0. The van der Waals surface area contributed by atoms with E-state index in [-0.39, 0.29) is 18.3 Å². The Morgan fingerprint density at radius 3 is 2.72 bits per heavy atom. The topological polar surface area (TPSA) is 72.8 Å². The van der Waals surface area contributed by atoms with E-state index in [9.17, 15) is 9.18 Å². The summed E-state index contributed by atoms with van der Waals surface area (Å²) in [7, 11) is 1.53. The van der Waals surface area contributed by atoms with E-state index in [0.29, 0.717) is 27.1 Å². The highest BCUT2D eigenvalue weighted by atomic mass is 79.9. The molecule has 0 saturated heterocycles. The van der Waals surface area contributed by atoms with Crippen LogP contribution in [0.2, 0.25) is 0 Å². The predicted octanol–water partition coefficient (Wildman–Crippen LogP) is 4.33. The van der Waals surface area contributed by atoms with Crippen LogP contribution in [0.4, 0.5) is 4.39 Å². The molecule has 0 fully saturated rings. The summed E-state index contributed by atoms with van der Waals surface area (Å²) < 4.78 is 24.9. The lowest BCUT2D eigenvalue weighted by Gasteiger charge is -2.13. The highest BCUT2D eigenvalue weighted by Crippen LogP contribution is 2.33. The molecule has 0 spiro atoms. The van der Waals surface area contributed by atoms with Crippen molar-refractivity contribution in [3.05, 3.63) is 87.9 Å². The van der Waals surface area contributed by atoms with Gasteiger partial charge >= 0.3 is 0 Å². The first-order valence-electron chi connectivity index (χ1n) is 8.55. The van der Waals surface area contributed by atoms with E-state index in [1.54, 1.807) is 42.6 Å². The third-order valence-electron chi connectivity index (χ3n) is 3.88. The minimum atomic E-state index is -0.364. The molecule has 1 heterocycles. The molecule has 0 radical (unpaired) electrons. The quantitative estimate of drug-likeness (QED) is 0.423. The van der Waals surface area contributed by atoms with Gasteiger partial charge in [0.2, 0.25) is 0 Å². The Morgan fingerprint density at radius 2 is 2.03 bits per heavy atom. The number of carbonyl (C=O) groups is 1. The lowest BCUT2D eigenvalue weighted by Crippen LogP contribution is -2.17. The Kier molecular flexibility index (Phi) is 6.91. The zero-order chi connectivity index (χ0) is 20.6. The molecular formula is C21H17BrFN3O3. The van der Waals surface area contributed by atoms with Crippen LogP contribution in [0.5, 0.6) is 11.5 Å². The molecule has 0 bridgehead atoms. The molecule has 148 valence electrons. The van der Waals surface area contributed by atoms with E-state index < -0.39 is 0 Å². The summed E-state index contributed by atoms with van der Waals surface area (Å²) >= 11 is 3.46. The smallest absolute Gasteiger partial charge is 0.272 e. The molecule has 0 unspecified atom stereocenters. The van der Waals surface area contributed by atoms with E-state index in [2.05, 4.69) is 31.4 Å². The number of ether oxygens (including phenoxy) is 2. The molecule has 0 aliphatic rings. The Balaban J connectivity index is 1.68. The average molecular weight is 458 g/mol. The fourth-order valence-corrected chi connectivity index (χ4v) is 2.81. The monoisotopic (exact) mass is 457 g/mol. The Morgan fingerprint density at radius 1 is 1.24 bits per heavy atom. The molecule has 1 amide bonds. The van der Waals surface area contributed by atoms with Gasteiger partial charge in [-0.1, -0.05) is 12.1 Å². The second-order valence-electron chi connectivity index (χ2n) is 5.88. The summed E-state index contributed by atoms with van der Waals surface area (Å²) in [5.74, 6) is 0.348. The third-order valence-corrected chi connectivity index (χ3v) is 4.57. The number of aromatic nitrogens is 1. The van der Waals surface area contributed by atoms with Gasteiger partial charge in [0.25, 0.3) is 5.91 Å². The second kappa shape index (κ2) is 9.79. The zero-order valence-electron chi connectivity index (χ0n) is 15.4. The number of carbonyl (C=O) groups excluding carboxylic acids is 1. The van der Waals surface area contributed by atoms with Crippen LogP contribution >= 0.6 is 15.9 Å². The molecular weight excluding hydrogens is 441 g/mol. The Labute approximate surface area is 175 Å². The van der Waals surface area contributed by atoms with Crippen molar-refractivity contribution in [2.24, 2.45) is 5.10 Å². The van der Waals surface area contributed by atoms with Crippen molar-refractivity contribution >= 4 is 28.1 Å². The minimum Gasteiger partial charge on any atom is -0.493 e. The summed E-state index contributed by atoms with van der Waals surface area (Å²) in [6.45, 7) is 0.262. The van der Waals surface area contributed by atoms with Gasteiger partial charge in [0.05, 0.1) is 18.9 Å². The number of nitrogens with one attached hydrogen (secondary N) is 1. The SMILES string of the molecule is COc1cc(C=NNC(=O)c2cccnc2)c(Br)cc1OCc1ccc(F)cc1. The molecule has 0 aliphatic heterocycles. The first kappa shape index (κ1) is 20.5. The van der Waals surface area contributed by atoms with Crippen LogP contribution in [-0.2, 0) is 6.61 Å². The van der Waals surface area contributed by atoms with Gasteiger partial charge < -0.3 is 9.47 Å². The fraction of sp³-hybridized carbons (Fsp3) is 0.0952. The van der Waals surface area contributed by atoms with Crippen LogP contribution in [0.15, 0.2) is 70.5 Å². The Hall–Kier alpha value is -3.26. The number of amides is 1. The number of hydrazone groups is 1. The maximum atomic E-state index is 13.0. The van der Waals surface area contributed by atoms with Crippen molar-refractivity contribution in [3.63, 3.8) is 0 Å². The molecule has 0 aliphatic carbocycles. The van der Waals surface area contributed by atoms with Crippen LogP contribution in [-0.4, -0.2) is 24.2 Å². The van der Waals surface area contributed by atoms with Gasteiger partial charge in [-0.15, -0.1) is 0 Å². The number of benzene rings is 2. The fourth-order valence-electron chi connectivity index (χ4n) is 2.39. The lowest BCUT2D eigenvalue weighted by molar-refractivity contribution is 0.0955. The van der Waals surface area contributed by atoms with E-state index >= 15 is 0 Å². The van der Waals surface area contributed by atoms with E-state index in [1.807, 2.05) is 0 Å². The molecule has 3 aromatic rings. The van der Waals surface area contributed by atoms with Gasteiger partial charge in [-0.05, 0) is 57.9 Å². The van der Waals surface area contributed by atoms with Crippen LogP contribution in [0.25, 0.3) is 0 Å². The first-order chi connectivity index (χ1) is 14.1. The van der Waals surface area contributed by atoms with Crippen molar-refractivity contribution < 1.29 is 18.7 Å². The normalized spacial score (nSPS) is 10.7. The van der Waals surface area contributed by atoms with E-state index in [4.69, 9.17) is 9.47 Å². The lowest BCUT2D eigenvalue weighted by atomic mass is 10.2. The molecule has 6 nitrogen and oxygen atoms in total. The van der Waals surface area contributed by atoms with Gasteiger partial charge in [0.15, 0.2) is 11.5 Å². The first-order valence-corrected chi connectivity index (χ1v) is 9.34. The van der Waals surface area contributed by atoms with Crippen molar-refractivity contribution in [1.82, 2.24) is 10.4 Å². The average Bonchev–Trinajstić information content (AvgIpc) is 2.75. The zero-order valence-corrected chi connectivity index (χ0v) is 17.0. The number of halogens is 2. The van der Waals surface area contributed by atoms with E-state index in [1.165, 1.54) is 31.7 Å². The number of hydrogen-bond donors (Lipinski definition) is 1. The molecule has 2 aromatic carbocycles. The summed E-state index contributed by atoms with van der Waals surface area (Å²) in [4.78, 5) is 15.9. The molecule has 1 aromatic heterocycles. The van der Waals surface area contributed by atoms with Crippen LogP contribution < -0.4 is 14.9 Å². The molecule has 3 rings (SSSR count). The maximum Gasteiger partial charge on any atom is 0.272 e. The summed E-state index contributed by atoms with van der Waals surface area (Å²) in [6, 6.07) is 12.9. The molecule has 29 heavy (non-hydrogen) atoms. The van der Waals surface area contributed by atoms with Crippen LogP contribution in [0, 0.1) is 5.82 Å². The molecule has 0 saturated carbocycles.